The fraction of sp³-hybridized carbons (Fsp3) is 0.238. The molecule has 29 heavy (non-hydrogen) atoms. The van der Waals surface area contributed by atoms with Crippen molar-refractivity contribution in [1.29, 1.82) is 0 Å². The second-order valence-electron chi connectivity index (χ2n) is 7.35. The lowest BCUT2D eigenvalue weighted by Crippen LogP contribution is -2.27. The van der Waals surface area contributed by atoms with Gasteiger partial charge in [-0.3, -0.25) is 4.79 Å². The summed E-state index contributed by atoms with van der Waals surface area (Å²) in [4.78, 5) is 18.5. The zero-order chi connectivity index (χ0) is 20.0. The topological polar surface area (TPSA) is 72.7 Å². The average molecular weight is 424 g/mol. The summed E-state index contributed by atoms with van der Waals surface area (Å²) in [5, 5.41) is 12.6. The van der Waals surface area contributed by atoms with E-state index >= 15 is 0 Å². The van der Waals surface area contributed by atoms with Crippen LogP contribution in [0.4, 0.5) is 5.13 Å². The monoisotopic (exact) mass is 423 g/mol. The van der Waals surface area contributed by atoms with Crippen LogP contribution in [-0.2, 0) is 23.7 Å². The van der Waals surface area contributed by atoms with Gasteiger partial charge in [-0.1, -0.05) is 41.1 Å². The number of aromatic nitrogens is 4. The van der Waals surface area contributed by atoms with Crippen LogP contribution in [0.3, 0.4) is 0 Å². The van der Waals surface area contributed by atoms with E-state index in [0.29, 0.717) is 11.6 Å². The lowest BCUT2D eigenvalue weighted by molar-refractivity contribution is -0.118. The Balaban J connectivity index is 1.33. The van der Waals surface area contributed by atoms with E-state index in [2.05, 4.69) is 20.6 Å². The first-order chi connectivity index (χ1) is 14.0. The number of benzene rings is 2. The number of nitrogens with one attached hydrogen (secondary N) is 1. The number of anilines is 1. The number of thiazole rings is 1. The quantitative estimate of drug-likeness (QED) is 0.518. The number of fused-ring (bicyclic) bond motifs is 1. The van der Waals surface area contributed by atoms with Crippen LogP contribution in [0.2, 0.25) is 5.02 Å². The van der Waals surface area contributed by atoms with Gasteiger partial charge < -0.3 is 5.32 Å². The van der Waals surface area contributed by atoms with E-state index in [0.717, 1.165) is 44.9 Å². The molecule has 8 heteroatoms. The third-order valence-corrected chi connectivity index (χ3v) is 6.73. The third-order valence-electron chi connectivity index (χ3n) is 5.44. The van der Waals surface area contributed by atoms with Gasteiger partial charge in [0.05, 0.1) is 10.9 Å². The molecule has 1 aliphatic carbocycles. The van der Waals surface area contributed by atoms with E-state index in [4.69, 9.17) is 11.6 Å². The van der Waals surface area contributed by atoms with Crippen molar-refractivity contribution in [2.24, 2.45) is 7.05 Å². The lowest BCUT2D eigenvalue weighted by Gasteiger charge is -2.14. The minimum Gasteiger partial charge on any atom is -0.301 e. The normalized spacial score (nSPS) is 14.8. The number of halogens is 1. The number of carbonyl (C=O) groups excluding carboxylic acids is 1. The molecule has 0 spiro atoms. The van der Waals surface area contributed by atoms with Gasteiger partial charge in [0.25, 0.3) is 0 Å². The van der Waals surface area contributed by atoms with Crippen molar-refractivity contribution >= 4 is 45.0 Å². The molecule has 2 aromatic carbocycles. The van der Waals surface area contributed by atoms with Gasteiger partial charge in [0, 0.05) is 29.6 Å². The third kappa shape index (κ3) is 3.30. The molecule has 5 rings (SSSR count). The largest absolute Gasteiger partial charge is 0.301 e. The molecule has 0 radical (unpaired) electrons. The molecule has 0 bridgehead atoms. The molecule has 146 valence electrons. The molecule has 1 N–H and O–H groups in total. The van der Waals surface area contributed by atoms with E-state index in [9.17, 15) is 4.79 Å². The SMILES string of the molecule is Cn1nnc2cc(C3(C(=O)Nc4ncc(Cc5ccccc5Cl)s4)CC3)ccc21. The van der Waals surface area contributed by atoms with E-state index in [1.54, 1.807) is 10.9 Å². The van der Waals surface area contributed by atoms with Gasteiger partial charge in [-0.25, -0.2) is 9.67 Å². The minimum absolute atomic E-state index is 0.0145. The highest BCUT2D eigenvalue weighted by Crippen LogP contribution is 2.49. The number of nitrogens with zero attached hydrogens (tertiary/aromatic N) is 4. The molecular formula is C21H18ClN5OS. The molecule has 1 amide bonds. The number of hydrogen-bond acceptors (Lipinski definition) is 5. The van der Waals surface area contributed by atoms with Crippen molar-refractivity contribution in [1.82, 2.24) is 20.0 Å². The van der Waals surface area contributed by atoms with Gasteiger partial charge in [-0.2, -0.15) is 0 Å². The van der Waals surface area contributed by atoms with Gasteiger partial charge >= 0.3 is 0 Å². The van der Waals surface area contributed by atoms with E-state index in [-0.39, 0.29) is 5.91 Å². The molecule has 4 aromatic rings. The summed E-state index contributed by atoms with van der Waals surface area (Å²) in [5.41, 5.74) is 3.29. The smallest absolute Gasteiger partial charge is 0.236 e. The first-order valence-electron chi connectivity index (χ1n) is 9.35. The summed E-state index contributed by atoms with van der Waals surface area (Å²) in [6.45, 7) is 0. The first-order valence-corrected chi connectivity index (χ1v) is 10.5. The van der Waals surface area contributed by atoms with Crippen LogP contribution >= 0.6 is 22.9 Å². The maximum absolute atomic E-state index is 13.1. The number of rotatable bonds is 5. The second-order valence-corrected chi connectivity index (χ2v) is 8.88. The maximum atomic E-state index is 13.1. The van der Waals surface area contributed by atoms with Crippen molar-refractivity contribution in [2.75, 3.05) is 5.32 Å². The van der Waals surface area contributed by atoms with Crippen LogP contribution in [0, 0.1) is 0 Å². The van der Waals surface area contributed by atoms with Gasteiger partial charge in [-0.05, 0) is 42.2 Å². The molecule has 2 heterocycles. The first kappa shape index (κ1) is 18.3. The van der Waals surface area contributed by atoms with Crippen LogP contribution in [0.5, 0.6) is 0 Å². The van der Waals surface area contributed by atoms with Crippen LogP contribution in [0.1, 0.15) is 28.8 Å². The predicted molar refractivity (Wildman–Crippen MR) is 114 cm³/mol. The Morgan fingerprint density at radius 2 is 2.10 bits per heavy atom. The number of aryl methyl sites for hydroxylation is 1. The average Bonchev–Trinajstić information content (AvgIpc) is 3.30. The molecule has 2 aromatic heterocycles. The van der Waals surface area contributed by atoms with Crippen LogP contribution in [0.15, 0.2) is 48.7 Å². The minimum atomic E-state index is -0.500. The highest BCUT2D eigenvalue weighted by atomic mass is 35.5. The Labute approximate surface area is 176 Å². The van der Waals surface area contributed by atoms with E-state index in [1.807, 2.05) is 49.5 Å². The molecule has 1 fully saturated rings. The Kier molecular flexibility index (Phi) is 4.37. The number of carbonyl (C=O) groups is 1. The number of amides is 1. The van der Waals surface area contributed by atoms with Crippen LogP contribution in [0.25, 0.3) is 11.0 Å². The fourth-order valence-electron chi connectivity index (χ4n) is 3.60. The second kappa shape index (κ2) is 6.93. The Hall–Kier alpha value is -2.77. The van der Waals surface area contributed by atoms with Gasteiger partial charge in [-0.15, -0.1) is 16.4 Å². The van der Waals surface area contributed by atoms with Gasteiger partial charge in [0.2, 0.25) is 5.91 Å². The highest BCUT2D eigenvalue weighted by Gasteiger charge is 2.51. The summed E-state index contributed by atoms with van der Waals surface area (Å²) in [6, 6.07) is 13.7. The Bertz CT molecular complexity index is 1230. The summed E-state index contributed by atoms with van der Waals surface area (Å²) in [7, 11) is 1.86. The zero-order valence-electron chi connectivity index (χ0n) is 15.7. The van der Waals surface area contributed by atoms with Gasteiger partial charge in [0.1, 0.15) is 5.52 Å². The summed E-state index contributed by atoms with van der Waals surface area (Å²) < 4.78 is 1.73. The molecule has 6 nitrogen and oxygen atoms in total. The van der Waals surface area contributed by atoms with Crippen molar-refractivity contribution < 1.29 is 4.79 Å². The summed E-state index contributed by atoms with van der Waals surface area (Å²) >= 11 is 7.73. The number of hydrogen-bond donors (Lipinski definition) is 1. The Morgan fingerprint density at radius 1 is 1.28 bits per heavy atom. The molecule has 0 saturated heterocycles. The van der Waals surface area contributed by atoms with Crippen molar-refractivity contribution in [3.8, 4) is 0 Å². The molecule has 0 atom stereocenters. The molecular weight excluding hydrogens is 406 g/mol. The predicted octanol–water partition coefficient (Wildman–Crippen LogP) is 4.34. The van der Waals surface area contributed by atoms with Crippen molar-refractivity contribution in [2.45, 2.75) is 24.7 Å². The fourth-order valence-corrected chi connectivity index (χ4v) is 4.64. The molecule has 0 unspecified atom stereocenters. The van der Waals surface area contributed by atoms with Crippen LogP contribution < -0.4 is 5.32 Å². The standard InChI is InChI=1S/C21H18ClN5OS/c1-27-18-7-6-14(11-17(18)25-26-27)21(8-9-21)19(28)24-20-23-12-15(29-20)10-13-4-2-3-5-16(13)22/h2-7,11-12H,8-10H2,1H3,(H,23,24,28). The summed E-state index contributed by atoms with van der Waals surface area (Å²) in [6.07, 6.45) is 4.14. The van der Waals surface area contributed by atoms with E-state index < -0.39 is 5.41 Å². The molecule has 1 saturated carbocycles. The van der Waals surface area contributed by atoms with E-state index in [1.165, 1.54) is 11.3 Å². The molecule has 0 aliphatic heterocycles. The maximum Gasteiger partial charge on any atom is 0.236 e. The van der Waals surface area contributed by atoms with Crippen LogP contribution in [-0.4, -0.2) is 25.9 Å². The van der Waals surface area contributed by atoms with Crippen molar-refractivity contribution in [3.63, 3.8) is 0 Å². The summed E-state index contributed by atoms with van der Waals surface area (Å²) in [5.74, 6) is -0.0145. The lowest BCUT2D eigenvalue weighted by atomic mass is 9.94. The zero-order valence-corrected chi connectivity index (χ0v) is 17.3. The highest BCUT2D eigenvalue weighted by molar-refractivity contribution is 7.15. The van der Waals surface area contributed by atoms with Crippen molar-refractivity contribution in [3.05, 3.63) is 69.7 Å². The van der Waals surface area contributed by atoms with Gasteiger partial charge in [0.15, 0.2) is 5.13 Å². The molecule has 1 aliphatic rings. The Morgan fingerprint density at radius 3 is 2.90 bits per heavy atom.